The minimum absolute atomic E-state index is 0.0651. The Labute approximate surface area is 250 Å². The van der Waals surface area contributed by atoms with Crippen LogP contribution in [0.4, 0.5) is 0 Å². The Balaban J connectivity index is 0.000000169. The van der Waals surface area contributed by atoms with Crippen LogP contribution < -0.4 is 14.9 Å². The highest BCUT2D eigenvalue weighted by Crippen LogP contribution is 2.26. The Morgan fingerprint density at radius 3 is 2.07 bits per heavy atom. The molecule has 1 saturated heterocycles. The number of halogens is 1. The molecular weight excluding hydrogens is 583 g/mol. The summed E-state index contributed by atoms with van der Waals surface area (Å²) < 4.78 is 29.1. The molecule has 6 rings (SSSR count). The molecular formula is C33H34BBrO6. The molecule has 2 aliphatic rings. The lowest BCUT2D eigenvalue weighted by atomic mass is 9.79. The first-order valence-corrected chi connectivity index (χ1v) is 14.7. The van der Waals surface area contributed by atoms with Crippen LogP contribution in [0.2, 0.25) is 0 Å². The largest absolute Gasteiger partial charge is 0.491 e. The summed E-state index contributed by atoms with van der Waals surface area (Å²) in [6.45, 7) is 2.91. The first-order valence-electron chi connectivity index (χ1n) is 13.9. The van der Waals surface area contributed by atoms with Crippen LogP contribution in [0, 0.1) is 0 Å². The monoisotopic (exact) mass is 616 g/mol. The van der Waals surface area contributed by atoms with E-state index in [2.05, 4.69) is 28.1 Å². The minimum atomic E-state index is -0.819. The first kappa shape index (κ1) is 29.4. The Morgan fingerprint density at radius 2 is 1.44 bits per heavy atom. The number of fused-ring (bicyclic) bond motifs is 1. The maximum atomic E-state index is 9.61. The van der Waals surface area contributed by atoms with Crippen molar-refractivity contribution in [2.24, 2.45) is 0 Å². The van der Waals surface area contributed by atoms with Gasteiger partial charge in [0.1, 0.15) is 24.7 Å². The number of hydrogen-bond donors (Lipinski definition) is 1. The molecule has 4 aromatic carbocycles. The maximum Gasteiger partial charge on any atom is 0.491 e. The third kappa shape index (κ3) is 8.92. The van der Waals surface area contributed by atoms with Crippen LogP contribution >= 0.6 is 15.9 Å². The Kier molecular flexibility index (Phi) is 10.9. The second-order valence-corrected chi connectivity index (χ2v) is 10.8. The van der Waals surface area contributed by atoms with Crippen molar-refractivity contribution in [2.45, 2.75) is 52.0 Å². The fourth-order valence-corrected chi connectivity index (χ4v) is 5.00. The molecule has 1 fully saturated rings. The molecule has 4 aromatic rings. The second-order valence-electron chi connectivity index (χ2n) is 9.93. The quantitative estimate of drug-likeness (QED) is 0.215. The molecule has 1 atom stereocenters. The lowest BCUT2D eigenvalue weighted by molar-refractivity contribution is -0.169. The van der Waals surface area contributed by atoms with E-state index >= 15 is 0 Å². The summed E-state index contributed by atoms with van der Waals surface area (Å²) in [6.07, 6.45) is 3.23. The van der Waals surface area contributed by atoms with Gasteiger partial charge in [0.25, 0.3) is 0 Å². The zero-order valence-corrected chi connectivity index (χ0v) is 24.5. The van der Waals surface area contributed by atoms with Gasteiger partial charge in [0, 0.05) is 11.1 Å². The second kappa shape index (κ2) is 15.2. The number of ether oxygens (including phenoxy) is 4. The normalized spacial score (nSPS) is 16.0. The topological polar surface area (TPSA) is 66.4 Å². The summed E-state index contributed by atoms with van der Waals surface area (Å²) in [5.74, 6) is 1.60. The van der Waals surface area contributed by atoms with Crippen LogP contribution in [0.1, 0.15) is 41.5 Å². The zero-order valence-electron chi connectivity index (χ0n) is 22.9. The van der Waals surface area contributed by atoms with E-state index in [0.29, 0.717) is 26.4 Å². The van der Waals surface area contributed by atoms with Crippen LogP contribution in [0.15, 0.2) is 102 Å². The van der Waals surface area contributed by atoms with Crippen LogP contribution in [0.5, 0.6) is 11.5 Å². The molecule has 0 spiro atoms. The van der Waals surface area contributed by atoms with E-state index in [1.807, 2.05) is 84.9 Å². The molecule has 1 unspecified atom stereocenters. The minimum Gasteiger partial charge on any atom is -0.489 e. The lowest BCUT2D eigenvalue weighted by Crippen LogP contribution is -2.27. The number of hydrogen-bond acceptors (Lipinski definition) is 6. The van der Waals surface area contributed by atoms with Gasteiger partial charge < -0.3 is 28.6 Å². The summed E-state index contributed by atoms with van der Waals surface area (Å²) >= 11 is 3.60. The average Bonchev–Trinajstić information content (AvgIpc) is 3.40. The summed E-state index contributed by atoms with van der Waals surface area (Å²) in [6, 6.07) is 31.8. The predicted molar refractivity (Wildman–Crippen MR) is 163 cm³/mol. The van der Waals surface area contributed by atoms with E-state index in [1.165, 1.54) is 6.42 Å². The first-order chi connectivity index (χ1) is 20.1. The molecule has 0 aliphatic carbocycles. The van der Waals surface area contributed by atoms with E-state index in [9.17, 15) is 5.02 Å². The maximum absolute atomic E-state index is 9.61. The summed E-state index contributed by atoms with van der Waals surface area (Å²) in [7, 11) is -0.819. The molecule has 212 valence electrons. The van der Waals surface area contributed by atoms with Gasteiger partial charge in [-0.25, -0.2) is 0 Å². The van der Waals surface area contributed by atoms with Crippen molar-refractivity contribution >= 4 is 28.5 Å². The summed E-state index contributed by atoms with van der Waals surface area (Å²) in [5, 5.41) is 9.61. The summed E-state index contributed by atoms with van der Waals surface area (Å²) in [4.78, 5) is 0. The van der Waals surface area contributed by atoms with Gasteiger partial charge in [0.15, 0.2) is 6.29 Å². The third-order valence-corrected chi connectivity index (χ3v) is 7.60. The van der Waals surface area contributed by atoms with Gasteiger partial charge in [-0.3, -0.25) is 0 Å². The molecule has 6 nitrogen and oxygen atoms in total. The number of benzene rings is 4. The van der Waals surface area contributed by atoms with Crippen LogP contribution in [0.25, 0.3) is 0 Å². The van der Waals surface area contributed by atoms with Crippen molar-refractivity contribution in [3.8, 4) is 11.5 Å². The SMILES string of the molecule is Brc1cc(OCc2ccccc2)ccc1COC1CCCCO1.OB1OCc2ccc(OCc3ccccc3)cc21. The molecule has 0 amide bonds. The van der Waals surface area contributed by atoms with Crippen LogP contribution in [-0.4, -0.2) is 25.0 Å². The fraction of sp³-hybridized carbons (Fsp3) is 0.273. The third-order valence-electron chi connectivity index (χ3n) is 6.86. The molecule has 2 heterocycles. The molecule has 8 heteroatoms. The van der Waals surface area contributed by atoms with E-state index in [1.54, 1.807) is 0 Å². The Morgan fingerprint density at radius 1 is 0.780 bits per heavy atom. The Bertz CT molecular complexity index is 1370. The van der Waals surface area contributed by atoms with Crippen molar-refractivity contribution in [2.75, 3.05) is 6.61 Å². The van der Waals surface area contributed by atoms with Crippen molar-refractivity contribution < 1.29 is 28.6 Å². The standard InChI is InChI=1S/C19H21BrO3.C14H13BO3/c20-18-12-17(22-13-15-6-2-1-3-7-15)10-9-16(18)14-23-19-8-4-5-11-21-19;16-15-14-8-13(7-6-12(14)10-18-15)17-9-11-4-2-1-3-5-11/h1-3,6-7,9-10,12,19H,4-5,8,11,13-14H2;1-8,16H,9-10H2. The Hall–Kier alpha value is -3.14. The van der Waals surface area contributed by atoms with Crippen molar-refractivity contribution in [1.29, 1.82) is 0 Å². The summed E-state index contributed by atoms with van der Waals surface area (Å²) in [5.41, 5.74) is 5.21. The van der Waals surface area contributed by atoms with Crippen molar-refractivity contribution in [3.05, 3.63) is 124 Å². The molecule has 1 N–H and O–H groups in total. The van der Waals surface area contributed by atoms with Gasteiger partial charge >= 0.3 is 7.12 Å². The molecule has 0 radical (unpaired) electrons. The molecule has 0 bridgehead atoms. The van der Waals surface area contributed by atoms with Gasteiger partial charge in [-0.1, -0.05) is 88.7 Å². The lowest BCUT2D eigenvalue weighted by Gasteiger charge is -2.23. The van der Waals surface area contributed by atoms with Gasteiger partial charge in [0.05, 0.1) is 13.2 Å². The van der Waals surface area contributed by atoms with Crippen molar-refractivity contribution in [3.63, 3.8) is 0 Å². The fourth-order valence-electron chi connectivity index (χ4n) is 4.52. The van der Waals surface area contributed by atoms with E-state index in [4.69, 9.17) is 23.6 Å². The molecule has 41 heavy (non-hydrogen) atoms. The van der Waals surface area contributed by atoms with Crippen LogP contribution in [-0.2, 0) is 40.6 Å². The van der Waals surface area contributed by atoms with E-state index in [0.717, 1.165) is 63.1 Å². The highest BCUT2D eigenvalue weighted by molar-refractivity contribution is 9.10. The van der Waals surface area contributed by atoms with Gasteiger partial charge in [-0.15, -0.1) is 0 Å². The molecule has 0 aromatic heterocycles. The number of rotatable bonds is 9. The highest BCUT2D eigenvalue weighted by atomic mass is 79.9. The van der Waals surface area contributed by atoms with E-state index in [-0.39, 0.29) is 6.29 Å². The van der Waals surface area contributed by atoms with E-state index < -0.39 is 7.12 Å². The van der Waals surface area contributed by atoms with Crippen molar-refractivity contribution in [1.82, 2.24) is 0 Å². The van der Waals surface area contributed by atoms with Crippen LogP contribution in [0.3, 0.4) is 0 Å². The smallest absolute Gasteiger partial charge is 0.489 e. The van der Waals surface area contributed by atoms with Gasteiger partial charge in [-0.2, -0.15) is 0 Å². The van der Waals surface area contributed by atoms with Gasteiger partial charge in [-0.05, 0) is 71.2 Å². The zero-order chi connectivity index (χ0) is 28.3. The predicted octanol–water partition coefficient (Wildman–Crippen LogP) is 6.55. The van der Waals surface area contributed by atoms with Gasteiger partial charge in [0.2, 0.25) is 0 Å². The average molecular weight is 617 g/mol. The highest BCUT2D eigenvalue weighted by Gasteiger charge is 2.27. The molecule has 2 aliphatic heterocycles. The molecule has 0 saturated carbocycles.